The van der Waals surface area contributed by atoms with Crippen molar-refractivity contribution in [3.05, 3.63) is 36.2 Å². The van der Waals surface area contributed by atoms with E-state index in [0.29, 0.717) is 11.1 Å². The van der Waals surface area contributed by atoms with Gasteiger partial charge in [-0.3, -0.25) is 9.59 Å². The summed E-state index contributed by atoms with van der Waals surface area (Å²) in [6, 6.07) is 5.47. The monoisotopic (exact) mass is 558 g/mol. The summed E-state index contributed by atoms with van der Waals surface area (Å²) in [6.45, 7) is -0.0793. The first-order chi connectivity index (χ1) is 15.9. The van der Waals surface area contributed by atoms with E-state index in [9.17, 15) is 14.4 Å². The van der Waals surface area contributed by atoms with Crippen molar-refractivity contribution in [1.82, 2.24) is 30.4 Å². The molecule has 0 radical (unpaired) electrons. The van der Waals surface area contributed by atoms with Crippen LogP contribution in [-0.4, -0.2) is 83.4 Å². The lowest BCUT2D eigenvalue weighted by Crippen LogP contribution is -2.71. The number of nitrogens with one attached hydrogen (secondary N) is 1. The summed E-state index contributed by atoms with van der Waals surface area (Å²) in [6.07, 6.45) is 1.30. The fourth-order valence-electron chi connectivity index (χ4n) is 3.72. The van der Waals surface area contributed by atoms with Crippen LogP contribution in [0.25, 0.3) is 0 Å². The summed E-state index contributed by atoms with van der Waals surface area (Å²) in [4.78, 5) is 39.8. The molecule has 1 aromatic carbocycles. The second-order valence-electron chi connectivity index (χ2n) is 7.50. The van der Waals surface area contributed by atoms with Crippen LogP contribution < -0.4 is 10.1 Å². The highest BCUT2D eigenvalue weighted by molar-refractivity contribution is 9.09. The minimum absolute atomic E-state index is 0.0451. The molecule has 0 aliphatic carbocycles. The van der Waals surface area contributed by atoms with E-state index in [0.717, 1.165) is 5.56 Å². The number of alkyl halides is 2. The third-order valence-electron chi connectivity index (χ3n) is 5.44. The number of tetrazole rings is 1. The molecule has 3 heterocycles. The van der Waals surface area contributed by atoms with Gasteiger partial charge in [0.15, 0.2) is 0 Å². The van der Waals surface area contributed by atoms with Gasteiger partial charge in [0.2, 0.25) is 11.8 Å². The van der Waals surface area contributed by atoms with Gasteiger partial charge in [0.25, 0.3) is 0 Å². The maximum absolute atomic E-state index is 13.1. The van der Waals surface area contributed by atoms with Crippen molar-refractivity contribution < 1.29 is 23.9 Å². The van der Waals surface area contributed by atoms with Crippen molar-refractivity contribution in [3.63, 3.8) is 0 Å². The normalized spacial score (nSPS) is 25.8. The minimum atomic E-state index is -0.886. The Morgan fingerprint density at radius 2 is 2.09 bits per heavy atom. The third kappa shape index (κ3) is 4.53. The molecule has 0 saturated carbocycles. The van der Waals surface area contributed by atoms with Gasteiger partial charge in [0.1, 0.15) is 42.7 Å². The van der Waals surface area contributed by atoms with Crippen molar-refractivity contribution >= 4 is 57.1 Å². The van der Waals surface area contributed by atoms with Crippen molar-refractivity contribution in [2.45, 2.75) is 35.4 Å². The van der Waals surface area contributed by atoms with Gasteiger partial charge in [-0.05, 0) is 28.1 Å². The topological polar surface area (TPSA) is 129 Å². The molecule has 14 heteroatoms. The van der Waals surface area contributed by atoms with Gasteiger partial charge in [-0.2, -0.15) is 0 Å². The molecule has 1 unspecified atom stereocenters. The Kier molecular flexibility index (Phi) is 7.10. The lowest BCUT2D eigenvalue weighted by molar-refractivity contribution is -0.165. The van der Waals surface area contributed by atoms with Crippen LogP contribution in [0.3, 0.4) is 0 Å². The first-order valence-electron chi connectivity index (χ1n) is 9.84. The quantitative estimate of drug-likeness (QED) is 0.266. The molecule has 2 fully saturated rings. The molecule has 2 saturated heterocycles. The van der Waals surface area contributed by atoms with Crippen LogP contribution in [0.2, 0.25) is 0 Å². The van der Waals surface area contributed by atoms with Crippen molar-refractivity contribution in [3.8, 4) is 5.75 Å². The van der Waals surface area contributed by atoms with Crippen molar-refractivity contribution in [2.24, 2.45) is 0 Å². The molecule has 176 valence electrons. The van der Waals surface area contributed by atoms with E-state index in [-0.39, 0.29) is 24.9 Å². The molecule has 2 aliphatic rings. The summed E-state index contributed by atoms with van der Waals surface area (Å²) in [5.41, 5.74) is 0.782. The zero-order valence-corrected chi connectivity index (χ0v) is 20.5. The number of rotatable bonds is 9. The number of β-lactam (4-membered cyclic amide) rings is 1. The molecule has 1 N–H and O–H groups in total. The molecule has 2 aromatic rings. The SMILES string of the molecule is COc1ccc(COC(=O)[C@@H]2N3C(=O)C(NC(=O)Cn4cnnn4)[C@H]3S[C@@]2(CCl)CBr)cc1. The van der Waals surface area contributed by atoms with Crippen LogP contribution in [0.1, 0.15) is 5.56 Å². The number of esters is 1. The van der Waals surface area contributed by atoms with E-state index in [1.165, 1.54) is 27.7 Å². The summed E-state index contributed by atoms with van der Waals surface area (Å²) in [7, 11) is 1.57. The Hall–Kier alpha value is -2.38. The Labute approximate surface area is 206 Å². The second-order valence-corrected chi connectivity index (χ2v) is 9.86. The number of ether oxygens (including phenoxy) is 2. The van der Waals surface area contributed by atoms with Gasteiger partial charge >= 0.3 is 5.97 Å². The molecule has 0 spiro atoms. The number of carbonyl (C=O) groups is 3. The smallest absolute Gasteiger partial charge is 0.330 e. The highest BCUT2D eigenvalue weighted by Crippen LogP contribution is 2.52. The van der Waals surface area contributed by atoms with Crippen molar-refractivity contribution in [2.75, 3.05) is 18.3 Å². The van der Waals surface area contributed by atoms with Gasteiger partial charge < -0.3 is 19.7 Å². The summed E-state index contributed by atoms with van der Waals surface area (Å²) in [5, 5.41) is 13.2. The minimum Gasteiger partial charge on any atom is -0.497 e. The van der Waals surface area contributed by atoms with Gasteiger partial charge in [-0.1, -0.05) is 28.1 Å². The first kappa shape index (κ1) is 23.8. The number of methoxy groups -OCH3 is 1. The Morgan fingerprint density at radius 1 is 1.33 bits per heavy atom. The van der Waals surface area contributed by atoms with Crippen LogP contribution in [-0.2, 0) is 32.3 Å². The van der Waals surface area contributed by atoms with E-state index in [1.54, 1.807) is 31.4 Å². The number of carbonyl (C=O) groups excluding carboxylic acids is 3. The lowest BCUT2D eigenvalue weighted by Gasteiger charge is -2.44. The summed E-state index contributed by atoms with van der Waals surface area (Å²) >= 11 is 11.1. The fourth-order valence-corrected chi connectivity index (χ4v) is 6.89. The Morgan fingerprint density at radius 3 is 2.70 bits per heavy atom. The molecule has 4 rings (SSSR count). The second kappa shape index (κ2) is 9.85. The maximum Gasteiger partial charge on any atom is 0.330 e. The Bertz CT molecular complexity index is 1020. The predicted molar refractivity (Wildman–Crippen MR) is 122 cm³/mol. The summed E-state index contributed by atoms with van der Waals surface area (Å²) in [5.74, 6) is -0.525. The van der Waals surface area contributed by atoms with E-state index in [1.807, 2.05) is 0 Å². The molecular formula is C19H20BrClN6O5S. The third-order valence-corrected chi connectivity index (χ3v) is 9.17. The number of nitrogens with zero attached hydrogens (tertiary/aromatic N) is 5. The number of fused-ring (bicyclic) bond motifs is 1. The zero-order chi connectivity index (χ0) is 23.6. The van der Waals surface area contributed by atoms with E-state index in [4.69, 9.17) is 21.1 Å². The number of hydrogen-bond acceptors (Lipinski definition) is 9. The van der Waals surface area contributed by atoms with Crippen LogP contribution in [0.15, 0.2) is 30.6 Å². The average Bonchev–Trinajstić information content (AvgIpc) is 3.45. The molecule has 1 aromatic heterocycles. The van der Waals surface area contributed by atoms with Gasteiger partial charge in [0.05, 0.1) is 11.9 Å². The maximum atomic E-state index is 13.1. The van der Waals surface area contributed by atoms with Gasteiger partial charge in [-0.25, -0.2) is 9.48 Å². The standard InChI is InChI=1S/C19H20BrClN6O5S/c1-31-12-4-2-11(3-5-12)7-32-18(30)15-19(8-20,9-21)33-17-14(16(29)27(15)17)23-13(28)6-26-10-22-24-25-26/h2-5,10,14-15,17H,6-9H2,1H3,(H,23,28)/t14?,15-,17+,19+/m0/s1. The summed E-state index contributed by atoms with van der Waals surface area (Å²) < 4.78 is 11.1. The van der Waals surface area contributed by atoms with Crippen LogP contribution in [0, 0.1) is 0 Å². The first-order valence-corrected chi connectivity index (χ1v) is 12.4. The fraction of sp³-hybridized carbons (Fsp3) is 0.474. The molecule has 2 aliphatic heterocycles. The molecule has 4 atom stereocenters. The number of benzene rings is 1. The molecule has 33 heavy (non-hydrogen) atoms. The number of amides is 2. The van der Waals surface area contributed by atoms with E-state index >= 15 is 0 Å². The van der Waals surface area contributed by atoms with Crippen LogP contribution >= 0.6 is 39.3 Å². The number of aromatic nitrogens is 4. The Balaban J connectivity index is 1.44. The largest absolute Gasteiger partial charge is 0.497 e. The highest BCUT2D eigenvalue weighted by atomic mass is 79.9. The van der Waals surface area contributed by atoms with E-state index < -0.39 is 34.1 Å². The van der Waals surface area contributed by atoms with Gasteiger partial charge in [0, 0.05) is 11.2 Å². The number of halogens is 2. The number of hydrogen-bond donors (Lipinski definition) is 1. The van der Waals surface area contributed by atoms with Crippen LogP contribution in [0.4, 0.5) is 0 Å². The predicted octanol–water partition coefficient (Wildman–Crippen LogP) is 0.566. The molecule has 11 nitrogen and oxygen atoms in total. The molecular weight excluding hydrogens is 540 g/mol. The van der Waals surface area contributed by atoms with Crippen LogP contribution in [0.5, 0.6) is 5.75 Å². The van der Waals surface area contributed by atoms with E-state index in [2.05, 4.69) is 36.8 Å². The highest BCUT2D eigenvalue weighted by Gasteiger charge is 2.67. The average molecular weight is 560 g/mol. The van der Waals surface area contributed by atoms with Crippen molar-refractivity contribution in [1.29, 1.82) is 0 Å². The van der Waals surface area contributed by atoms with Gasteiger partial charge in [-0.15, -0.1) is 28.5 Å². The lowest BCUT2D eigenvalue weighted by atomic mass is 9.95. The number of thioether (sulfide) groups is 1. The molecule has 0 bridgehead atoms. The molecule has 2 amide bonds. The zero-order valence-electron chi connectivity index (χ0n) is 17.4.